The molecule has 0 heterocycles. The van der Waals surface area contributed by atoms with Crippen molar-refractivity contribution in [1.29, 1.82) is 0 Å². The van der Waals surface area contributed by atoms with E-state index in [0.717, 1.165) is 12.3 Å². The van der Waals surface area contributed by atoms with Crippen LogP contribution in [0.3, 0.4) is 0 Å². The number of aliphatic carboxylic acids is 1. The van der Waals surface area contributed by atoms with Crippen LogP contribution in [0.1, 0.15) is 46.5 Å². The highest BCUT2D eigenvalue weighted by molar-refractivity contribution is 5.70. The summed E-state index contributed by atoms with van der Waals surface area (Å²) >= 11 is 0. The van der Waals surface area contributed by atoms with Crippen LogP contribution in [-0.4, -0.2) is 11.1 Å². The van der Waals surface area contributed by atoms with E-state index in [1.807, 2.05) is 6.92 Å². The molecule has 0 spiro atoms. The van der Waals surface area contributed by atoms with Crippen molar-refractivity contribution in [2.24, 2.45) is 29.6 Å². The number of carboxylic acids is 1. The Balaban J connectivity index is 2.25. The Morgan fingerprint density at radius 3 is 2.65 bits per heavy atom. The van der Waals surface area contributed by atoms with E-state index in [2.05, 4.69) is 19.9 Å². The van der Waals surface area contributed by atoms with Crippen LogP contribution in [0.5, 0.6) is 0 Å². The Labute approximate surface area is 104 Å². The number of carbonyl (C=O) groups is 1. The van der Waals surface area contributed by atoms with Crippen molar-refractivity contribution in [2.45, 2.75) is 46.5 Å². The third-order valence-electron chi connectivity index (χ3n) is 4.88. The molecular formula is C15H24O2. The van der Waals surface area contributed by atoms with Crippen molar-refractivity contribution in [1.82, 2.24) is 0 Å². The Hall–Kier alpha value is -0.790. The van der Waals surface area contributed by atoms with Gasteiger partial charge in [-0.2, -0.15) is 0 Å². The zero-order valence-corrected chi connectivity index (χ0v) is 11.1. The molecule has 0 aromatic rings. The van der Waals surface area contributed by atoms with E-state index < -0.39 is 5.97 Å². The van der Waals surface area contributed by atoms with E-state index in [1.54, 1.807) is 0 Å². The largest absolute Gasteiger partial charge is 0.481 e. The highest BCUT2D eigenvalue weighted by Gasteiger charge is 2.38. The van der Waals surface area contributed by atoms with Gasteiger partial charge in [-0.15, -0.1) is 0 Å². The molecule has 0 saturated heterocycles. The average molecular weight is 236 g/mol. The van der Waals surface area contributed by atoms with E-state index in [9.17, 15) is 9.90 Å². The molecule has 2 aliphatic rings. The molecule has 96 valence electrons. The highest BCUT2D eigenvalue weighted by Crippen LogP contribution is 2.47. The van der Waals surface area contributed by atoms with Gasteiger partial charge in [-0.05, 0) is 49.4 Å². The van der Waals surface area contributed by atoms with Gasteiger partial charge in [-0.25, -0.2) is 0 Å². The van der Waals surface area contributed by atoms with Crippen molar-refractivity contribution in [3.63, 3.8) is 0 Å². The summed E-state index contributed by atoms with van der Waals surface area (Å²) in [6.07, 6.45) is 7.17. The van der Waals surface area contributed by atoms with Crippen molar-refractivity contribution in [3.05, 3.63) is 11.6 Å². The van der Waals surface area contributed by atoms with Gasteiger partial charge in [0.25, 0.3) is 0 Å². The summed E-state index contributed by atoms with van der Waals surface area (Å²) in [6, 6.07) is 0. The normalized spacial score (nSPS) is 39.1. The fraction of sp³-hybridized carbons (Fsp3) is 0.800. The molecule has 2 aliphatic carbocycles. The minimum atomic E-state index is -0.637. The molecule has 2 nitrogen and oxygen atoms in total. The van der Waals surface area contributed by atoms with Crippen molar-refractivity contribution >= 4 is 5.97 Å². The number of allylic oxidation sites excluding steroid dienone is 2. The second-order valence-corrected chi connectivity index (χ2v) is 6.12. The zero-order valence-electron chi connectivity index (χ0n) is 11.1. The molecule has 0 aromatic carbocycles. The van der Waals surface area contributed by atoms with Gasteiger partial charge in [0.05, 0.1) is 5.92 Å². The lowest BCUT2D eigenvalue weighted by atomic mass is 9.63. The minimum Gasteiger partial charge on any atom is -0.481 e. The number of carboxylic acid groups (broad SMARTS) is 1. The maximum absolute atomic E-state index is 11.2. The third kappa shape index (κ3) is 2.41. The molecule has 0 radical (unpaired) electrons. The van der Waals surface area contributed by atoms with Crippen LogP contribution in [0, 0.1) is 29.6 Å². The summed E-state index contributed by atoms with van der Waals surface area (Å²) in [5, 5.41) is 9.23. The summed E-state index contributed by atoms with van der Waals surface area (Å²) in [5.74, 6) is 1.47. The van der Waals surface area contributed by atoms with E-state index >= 15 is 0 Å². The predicted octanol–water partition coefficient (Wildman–Crippen LogP) is 3.73. The molecule has 0 aromatic heterocycles. The topological polar surface area (TPSA) is 37.3 Å². The second-order valence-electron chi connectivity index (χ2n) is 6.12. The molecule has 2 rings (SSSR count). The zero-order chi connectivity index (χ0) is 12.6. The average Bonchev–Trinajstić information content (AvgIpc) is 2.28. The van der Waals surface area contributed by atoms with Gasteiger partial charge in [0.1, 0.15) is 0 Å². The lowest BCUT2D eigenvalue weighted by Crippen LogP contribution is -2.34. The van der Waals surface area contributed by atoms with Gasteiger partial charge in [0.15, 0.2) is 0 Å². The summed E-state index contributed by atoms with van der Waals surface area (Å²) in [7, 11) is 0. The van der Waals surface area contributed by atoms with E-state index in [-0.39, 0.29) is 11.8 Å². The molecule has 1 saturated carbocycles. The number of rotatable bonds is 2. The molecular weight excluding hydrogens is 212 g/mol. The first-order valence-corrected chi connectivity index (χ1v) is 6.95. The maximum Gasteiger partial charge on any atom is 0.306 e. The predicted molar refractivity (Wildman–Crippen MR) is 68.7 cm³/mol. The van der Waals surface area contributed by atoms with Crippen molar-refractivity contribution < 1.29 is 9.90 Å². The molecule has 2 heteroatoms. The standard InChI is InChI=1S/C15H24O2/c1-9-4-6-12-10(2)5-7-13(14(12)8-9)11(3)15(16)17/h8-13H,4-7H2,1-3H3,(H,16,17)/t9?,10-,11+,12?,13?/m1/s1. The van der Waals surface area contributed by atoms with Crippen LogP contribution in [0.25, 0.3) is 0 Å². The van der Waals surface area contributed by atoms with E-state index in [4.69, 9.17) is 0 Å². The number of hydrogen-bond donors (Lipinski definition) is 1. The first kappa shape index (κ1) is 12.7. The summed E-state index contributed by atoms with van der Waals surface area (Å²) < 4.78 is 0. The third-order valence-corrected chi connectivity index (χ3v) is 4.88. The second kappa shape index (κ2) is 4.83. The first-order valence-electron chi connectivity index (χ1n) is 6.95. The van der Waals surface area contributed by atoms with Crippen LogP contribution in [-0.2, 0) is 4.79 Å². The Morgan fingerprint density at radius 1 is 1.29 bits per heavy atom. The lowest BCUT2D eigenvalue weighted by molar-refractivity contribution is -0.143. The Kier molecular flexibility index (Phi) is 3.60. The van der Waals surface area contributed by atoms with Crippen molar-refractivity contribution in [3.8, 4) is 0 Å². The Morgan fingerprint density at radius 2 is 2.00 bits per heavy atom. The minimum absolute atomic E-state index is 0.221. The highest BCUT2D eigenvalue weighted by atomic mass is 16.4. The van der Waals surface area contributed by atoms with Gasteiger partial charge in [-0.1, -0.05) is 32.4 Å². The molecule has 5 atom stereocenters. The van der Waals surface area contributed by atoms with Gasteiger partial charge >= 0.3 is 5.97 Å². The molecule has 1 N–H and O–H groups in total. The molecule has 0 amide bonds. The van der Waals surface area contributed by atoms with Crippen LogP contribution in [0.2, 0.25) is 0 Å². The molecule has 0 aliphatic heterocycles. The SMILES string of the molecule is CC1C=C2C(CC1)[C@H](C)CCC2[C@H](C)C(=O)O. The van der Waals surface area contributed by atoms with Gasteiger partial charge < -0.3 is 5.11 Å². The van der Waals surface area contributed by atoms with Gasteiger partial charge in [0.2, 0.25) is 0 Å². The number of fused-ring (bicyclic) bond motifs is 1. The summed E-state index contributed by atoms with van der Waals surface area (Å²) in [4.78, 5) is 11.2. The quantitative estimate of drug-likeness (QED) is 0.742. The smallest absolute Gasteiger partial charge is 0.306 e. The molecule has 17 heavy (non-hydrogen) atoms. The van der Waals surface area contributed by atoms with Gasteiger partial charge in [-0.3, -0.25) is 4.79 Å². The van der Waals surface area contributed by atoms with Gasteiger partial charge in [0, 0.05) is 0 Å². The van der Waals surface area contributed by atoms with Crippen LogP contribution in [0.4, 0.5) is 0 Å². The molecule has 3 unspecified atom stereocenters. The first-order chi connectivity index (χ1) is 8.00. The molecule has 0 bridgehead atoms. The van der Waals surface area contributed by atoms with Crippen LogP contribution >= 0.6 is 0 Å². The number of hydrogen-bond acceptors (Lipinski definition) is 1. The van der Waals surface area contributed by atoms with E-state index in [0.29, 0.717) is 11.8 Å². The van der Waals surface area contributed by atoms with Crippen LogP contribution in [0.15, 0.2) is 11.6 Å². The van der Waals surface area contributed by atoms with E-state index in [1.165, 1.54) is 24.8 Å². The maximum atomic E-state index is 11.2. The monoisotopic (exact) mass is 236 g/mol. The fourth-order valence-corrected chi connectivity index (χ4v) is 3.68. The van der Waals surface area contributed by atoms with Crippen LogP contribution < -0.4 is 0 Å². The van der Waals surface area contributed by atoms with Crippen molar-refractivity contribution in [2.75, 3.05) is 0 Å². The summed E-state index contributed by atoms with van der Waals surface area (Å²) in [6.45, 7) is 6.46. The Bertz CT molecular complexity index is 332. The molecule has 1 fully saturated rings. The lowest BCUT2D eigenvalue weighted by Gasteiger charge is -2.42. The summed E-state index contributed by atoms with van der Waals surface area (Å²) in [5.41, 5.74) is 1.47. The fourth-order valence-electron chi connectivity index (χ4n) is 3.68.